The van der Waals surface area contributed by atoms with Crippen molar-refractivity contribution in [1.82, 2.24) is 5.32 Å². The van der Waals surface area contributed by atoms with E-state index in [1.165, 1.54) is 0 Å². The molecule has 0 heterocycles. The summed E-state index contributed by atoms with van der Waals surface area (Å²) >= 11 is 0. The van der Waals surface area contributed by atoms with Crippen molar-refractivity contribution < 1.29 is 28.3 Å². The number of carbonyl (C=O) groups is 1. The van der Waals surface area contributed by atoms with Crippen LogP contribution in [0.3, 0.4) is 0 Å². The third-order valence-electron chi connectivity index (χ3n) is 6.30. The maximum Gasteiger partial charge on any atom is 0.328 e. The van der Waals surface area contributed by atoms with Gasteiger partial charge in [-0.25, -0.2) is 0 Å². The quantitative estimate of drug-likeness (QED) is 0.122. The van der Waals surface area contributed by atoms with Gasteiger partial charge in [-0.15, -0.1) is 0 Å². The van der Waals surface area contributed by atoms with Gasteiger partial charge in [0.2, 0.25) is 5.91 Å². The number of nitrogens with one attached hydrogen (secondary N) is 1. The van der Waals surface area contributed by atoms with Crippen molar-refractivity contribution in [2.24, 2.45) is 0 Å². The fraction of sp³-hybridized carbons (Fsp3) is 0.242. The standard InChI is InChI=1S/C33H36NO6P/c35-33(24-27-11-4-1-5-12-27)34-30(26-40-41(36,37)22-10-21-38-31-15-8-3-9-16-31)23-28-17-19-32(20-18-28)39-25-29-13-6-2-7-14-29/h1-9,11-20,30H,10,21-26H2,(H,34,35)(H,36,37)/t30-/m1/s1. The molecule has 0 saturated carbocycles. The van der Waals surface area contributed by atoms with Gasteiger partial charge >= 0.3 is 7.60 Å². The summed E-state index contributed by atoms with van der Waals surface area (Å²) in [5.41, 5.74) is 2.90. The Hall–Kier alpha value is -3.90. The van der Waals surface area contributed by atoms with E-state index in [9.17, 15) is 14.3 Å². The molecule has 0 bridgehead atoms. The lowest BCUT2D eigenvalue weighted by Crippen LogP contribution is -2.40. The summed E-state index contributed by atoms with van der Waals surface area (Å²) in [5.74, 6) is 1.26. The largest absolute Gasteiger partial charge is 0.494 e. The van der Waals surface area contributed by atoms with Crippen LogP contribution in [0.4, 0.5) is 0 Å². The topological polar surface area (TPSA) is 94.1 Å². The van der Waals surface area contributed by atoms with Crippen LogP contribution in [0.15, 0.2) is 115 Å². The van der Waals surface area contributed by atoms with E-state index in [0.29, 0.717) is 31.8 Å². The van der Waals surface area contributed by atoms with Crippen molar-refractivity contribution in [3.05, 3.63) is 132 Å². The first-order valence-corrected chi connectivity index (χ1v) is 15.4. The van der Waals surface area contributed by atoms with E-state index in [1.54, 1.807) is 0 Å². The van der Waals surface area contributed by atoms with Gasteiger partial charge in [-0.3, -0.25) is 9.36 Å². The molecule has 1 amide bonds. The molecule has 0 aliphatic carbocycles. The Balaban J connectivity index is 1.31. The minimum Gasteiger partial charge on any atom is -0.494 e. The minimum absolute atomic E-state index is 0.0437. The molecule has 7 nitrogen and oxygen atoms in total. The minimum atomic E-state index is -3.88. The van der Waals surface area contributed by atoms with Crippen LogP contribution in [0.5, 0.6) is 11.5 Å². The molecule has 0 aliphatic heterocycles. The first kappa shape index (κ1) is 30.1. The van der Waals surface area contributed by atoms with Crippen molar-refractivity contribution in [2.75, 3.05) is 19.4 Å². The van der Waals surface area contributed by atoms with Gasteiger partial charge in [0, 0.05) is 0 Å². The first-order valence-electron chi connectivity index (χ1n) is 13.7. The third kappa shape index (κ3) is 11.2. The van der Waals surface area contributed by atoms with Crippen LogP contribution < -0.4 is 14.8 Å². The molecule has 8 heteroatoms. The van der Waals surface area contributed by atoms with Gasteiger partial charge in [-0.05, 0) is 53.8 Å². The maximum absolute atomic E-state index is 12.8. The van der Waals surface area contributed by atoms with Gasteiger partial charge in [-0.2, -0.15) is 0 Å². The van der Waals surface area contributed by atoms with Crippen LogP contribution in [0, 0.1) is 0 Å². The molecule has 41 heavy (non-hydrogen) atoms. The number of carbonyl (C=O) groups excluding carboxylic acids is 1. The molecule has 2 atom stereocenters. The number of benzene rings is 4. The SMILES string of the molecule is O=C(Cc1ccccc1)N[C@@H](COP(=O)(O)CCCOc1ccccc1)Cc1ccc(OCc2ccccc2)cc1. The second-order valence-electron chi connectivity index (χ2n) is 9.72. The smallest absolute Gasteiger partial charge is 0.328 e. The highest BCUT2D eigenvalue weighted by molar-refractivity contribution is 7.52. The highest BCUT2D eigenvalue weighted by atomic mass is 31.2. The highest BCUT2D eigenvalue weighted by Crippen LogP contribution is 2.42. The lowest BCUT2D eigenvalue weighted by Gasteiger charge is -2.21. The van der Waals surface area contributed by atoms with E-state index in [-0.39, 0.29) is 25.1 Å². The summed E-state index contributed by atoms with van der Waals surface area (Å²) in [6.07, 6.45) is 0.948. The summed E-state index contributed by atoms with van der Waals surface area (Å²) < 4.78 is 29.7. The Labute approximate surface area is 241 Å². The van der Waals surface area contributed by atoms with Crippen LogP contribution in [-0.4, -0.2) is 36.2 Å². The average Bonchev–Trinajstić information content (AvgIpc) is 2.99. The van der Waals surface area contributed by atoms with Crippen LogP contribution in [0.2, 0.25) is 0 Å². The van der Waals surface area contributed by atoms with Crippen molar-refractivity contribution in [3.8, 4) is 11.5 Å². The molecule has 0 aromatic heterocycles. The molecule has 2 N–H and O–H groups in total. The van der Waals surface area contributed by atoms with Crippen LogP contribution in [0.25, 0.3) is 0 Å². The summed E-state index contributed by atoms with van der Waals surface area (Å²) in [6, 6.07) is 35.8. The Morgan fingerprint density at radius 1 is 0.732 bits per heavy atom. The van der Waals surface area contributed by atoms with Gasteiger partial charge in [0.15, 0.2) is 0 Å². The molecule has 0 spiro atoms. The third-order valence-corrected chi connectivity index (χ3v) is 7.73. The van der Waals surface area contributed by atoms with E-state index in [2.05, 4.69) is 5.32 Å². The van der Waals surface area contributed by atoms with Gasteiger partial charge in [0.25, 0.3) is 0 Å². The Morgan fingerprint density at radius 3 is 1.98 bits per heavy atom. The van der Waals surface area contributed by atoms with Crippen molar-refractivity contribution in [3.63, 3.8) is 0 Å². The second kappa shape index (κ2) is 15.8. The van der Waals surface area contributed by atoms with Crippen LogP contribution in [0.1, 0.15) is 23.1 Å². The molecule has 0 saturated heterocycles. The van der Waals surface area contributed by atoms with Crippen LogP contribution >= 0.6 is 7.60 Å². The summed E-state index contributed by atoms with van der Waals surface area (Å²) in [6.45, 7) is 0.669. The van der Waals surface area contributed by atoms with Crippen molar-refractivity contribution >= 4 is 13.5 Å². The number of amides is 1. The fourth-order valence-corrected chi connectivity index (χ4v) is 5.27. The second-order valence-corrected chi connectivity index (χ2v) is 11.7. The van der Waals surface area contributed by atoms with Crippen LogP contribution in [-0.2, 0) is 33.3 Å². The molecule has 4 rings (SSSR count). The molecule has 214 valence electrons. The van der Waals surface area contributed by atoms with Crippen molar-refractivity contribution in [2.45, 2.75) is 31.9 Å². The Bertz CT molecular complexity index is 1370. The molecular formula is C33H36NO6P. The van der Waals surface area contributed by atoms with Gasteiger partial charge in [0.1, 0.15) is 18.1 Å². The molecular weight excluding hydrogens is 537 g/mol. The van der Waals surface area contributed by atoms with E-state index < -0.39 is 13.6 Å². The van der Waals surface area contributed by atoms with E-state index in [0.717, 1.165) is 22.4 Å². The van der Waals surface area contributed by atoms with Gasteiger partial charge in [-0.1, -0.05) is 91.0 Å². The zero-order chi connectivity index (χ0) is 28.8. The highest BCUT2D eigenvalue weighted by Gasteiger charge is 2.23. The molecule has 1 unspecified atom stereocenters. The van der Waals surface area contributed by atoms with E-state index >= 15 is 0 Å². The van der Waals surface area contributed by atoms with Crippen molar-refractivity contribution in [1.29, 1.82) is 0 Å². The first-order chi connectivity index (χ1) is 19.9. The molecule has 0 fully saturated rings. The lowest BCUT2D eigenvalue weighted by molar-refractivity contribution is -0.121. The average molecular weight is 574 g/mol. The normalized spacial score (nSPS) is 13.1. The zero-order valence-corrected chi connectivity index (χ0v) is 23.8. The monoisotopic (exact) mass is 573 g/mol. The van der Waals surface area contributed by atoms with E-state index in [4.69, 9.17) is 14.0 Å². The number of hydrogen-bond donors (Lipinski definition) is 2. The number of para-hydroxylation sites is 1. The number of ether oxygens (including phenoxy) is 2. The van der Waals surface area contributed by atoms with Gasteiger partial charge in [0.05, 0.1) is 31.8 Å². The predicted octanol–water partition coefficient (Wildman–Crippen LogP) is 6.21. The molecule has 4 aromatic rings. The lowest BCUT2D eigenvalue weighted by atomic mass is 10.1. The zero-order valence-electron chi connectivity index (χ0n) is 22.9. The molecule has 0 radical (unpaired) electrons. The molecule has 0 aliphatic rings. The predicted molar refractivity (Wildman–Crippen MR) is 160 cm³/mol. The number of hydrogen-bond acceptors (Lipinski definition) is 5. The summed E-state index contributed by atoms with van der Waals surface area (Å²) in [4.78, 5) is 23.3. The Kier molecular flexibility index (Phi) is 11.6. The Morgan fingerprint density at radius 2 is 1.32 bits per heavy atom. The number of rotatable bonds is 16. The summed E-state index contributed by atoms with van der Waals surface area (Å²) in [5, 5.41) is 2.98. The van der Waals surface area contributed by atoms with Gasteiger partial charge < -0.3 is 24.2 Å². The van der Waals surface area contributed by atoms with E-state index in [1.807, 2.05) is 115 Å². The molecule has 4 aromatic carbocycles. The summed E-state index contributed by atoms with van der Waals surface area (Å²) in [7, 11) is -3.88. The maximum atomic E-state index is 12.8. The fourth-order valence-electron chi connectivity index (χ4n) is 4.20.